The molecule has 1 aliphatic heterocycles. The Morgan fingerprint density at radius 2 is 2.24 bits per heavy atom. The van der Waals surface area contributed by atoms with Crippen LogP contribution >= 0.6 is 11.6 Å². The zero-order valence-corrected chi connectivity index (χ0v) is 15.1. The second-order valence-corrected chi connectivity index (χ2v) is 6.21. The van der Waals surface area contributed by atoms with Crippen molar-refractivity contribution in [1.82, 2.24) is 9.97 Å². The Kier molecular flexibility index (Phi) is 5.83. The molecule has 132 valence electrons. The zero-order chi connectivity index (χ0) is 17.6. The van der Waals surface area contributed by atoms with E-state index in [0.29, 0.717) is 23.4 Å². The van der Waals surface area contributed by atoms with Crippen molar-refractivity contribution in [3.63, 3.8) is 0 Å². The summed E-state index contributed by atoms with van der Waals surface area (Å²) in [6, 6.07) is 10.4. The molecule has 1 aromatic carbocycles. The van der Waals surface area contributed by atoms with Crippen molar-refractivity contribution in [1.29, 1.82) is 0 Å². The molecule has 7 heteroatoms. The van der Waals surface area contributed by atoms with E-state index in [1.165, 1.54) is 5.56 Å². The van der Waals surface area contributed by atoms with Crippen LogP contribution in [0.5, 0.6) is 0 Å². The number of aliphatic imine (C=N–C) groups is 1. The van der Waals surface area contributed by atoms with Crippen molar-refractivity contribution < 1.29 is 4.84 Å². The molecule has 1 N–H and O–H groups in total. The van der Waals surface area contributed by atoms with Crippen molar-refractivity contribution in [2.75, 3.05) is 24.0 Å². The maximum atomic E-state index is 6.36. The largest absolute Gasteiger partial charge is 0.346 e. The number of nitrogens with zero attached hydrogens (tertiary/aromatic N) is 4. The number of nitrogens with one attached hydrogen (secondary N) is 1. The van der Waals surface area contributed by atoms with Crippen LogP contribution in [0.4, 0.5) is 11.8 Å². The number of rotatable bonds is 6. The van der Waals surface area contributed by atoms with Gasteiger partial charge in [0.1, 0.15) is 5.02 Å². The summed E-state index contributed by atoms with van der Waals surface area (Å²) in [4.78, 5) is 18.8. The molecule has 6 nitrogen and oxygen atoms in total. The lowest BCUT2D eigenvalue weighted by Gasteiger charge is -2.25. The van der Waals surface area contributed by atoms with Crippen molar-refractivity contribution in [2.45, 2.75) is 31.8 Å². The van der Waals surface area contributed by atoms with Gasteiger partial charge in [-0.05, 0) is 12.0 Å². The molecule has 1 unspecified atom stereocenters. The van der Waals surface area contributed by atoms with Crippen LogP contribution < -0.4 is 10.4 Å². The first-order valence-corrected chi connectivity index (χ1v) is 8.79. The van der Waals surface area contributed by atoms with Crippen molar-refractivity contribution in [3.05, 3.63) is 47.1 Å². The molecule has 0 spiro atoms. The van der Waals surface area contributed by atoms with Gasteiger partial charge >= 0.3 is 0 Å². The maximum absolute atomic E-state index is 6.36. The van der Waals surface area contributed by atoms with Gasteiger partial charge in [-0.15, -0.1) is 0 Å². The standard InChI is InChI=1S/C18H22ClN5O/c1-3-14(11-20-2)22-18-21-12-15(19)17(23-18)24-16(9-10-25-24)13-7-5-4-6-8-13/h4-8,11-12,14,16H,3,9-10H2,1-2H3,(H,21,22,23)/b20-11-/t14?,16-/m1/s1. The highest BCUT2D eigenvalue weighted by Gasteiger charge is 2.30. The van der Waals surface area contributed by atoms with Gasteiger partial charge in [-0.3, -0.25) is 9.83 Å². The highest BCUT2D eigenvalue weighted by atomic mass is 35.5. The van der Waals surface area contributed by atoms with Gasteiger partial charge in [0.05, 0.1) is 24.9 Å². The predicted octanol–water partition coefficient (Wildman–Crippen LogP) is 3.90. The van der Waals surface area contributed by atoms with Gasteiger partial charge in [0, 0.05) is 19.7 Å². The number of hydrogen-bond acceptors (Lipinski definition) is 6. The van der Waals surface area contributed by atoms with Gasteiger partial charge in [-0.2, -0.15) is 4.98 Å². The van der Waals surface area contributed by atoms with E-state index in [-0.39, 0.29) is 12.1 Å². The third kappa shape index (κ3) is 4.08. The molecule has 2 atom stereocenters. The fourth-order valence-electron chi connectivity index (χ4n) is 2.83. The summed E-state index contributed by atoms with van der Waals surface area (Å²) in [5.74, 6) is 1.09. The van der Waals surface area contributed by atoms with Crippen molar-refractivity contribution in [3.8, 4) is 0 Å². The third-order valence-corrected chi connectivity index (χ3v) is 4.37. The Labute approximate surface area is 152 Å². The van der Waals surface area contributed by atoms with Crippen LogP contribution in [0.25, 0.3) is 0 Å². The summed E-state index contributed by atoms with van der Waals surface area (Å²) in [5, 5.41) is 5.52. The Bertz CT molecular complexity index is 725. The molecule has 1 aromatic heterocycles. The van der Waals surface area contributed by atoms with Crippen molar-refractivity contribution in [2.24, 2.45) is 4.99 Å². The minimum Gasteiger partial charge on any atom is -0.346 e. The summed E-state index contributed by atoms with van der Waals surface area (Å²) < 4.78 is 0. The van der Waals surface area contributed by atoms with Gasteiger partial charge in [0.25, 0.3) is 0 Å². The fourth-order valence-corrected chi connectivity index (χ4v) is 3.00. The molecule has 1 saturated heterocycles. The molecule has 2 aromatic rings. The molecule has 25 heavy (non-hydrogen) atoms. The van der Waals surface area contributed by atoms with Crippen LogP contribution in [-0.2, 0) is 4.84 Å². The number of hydrogen-bond donors (Lipinski definition) is 1. The summed E-state index contributed by atoms with van der Waals surface area (Å²) >= 11 is 6.36. The van der Waals surface area contributed by atoms with E-state index in [0.717, 1.165) is 12.8 Å². The molecule has 0 bridgehead atoms. The van der Waals surface area contributed by atoms with E-state index >= 15 is 0 Å². The van der Waals surface area contributed by atoms with E-state index in [4.69, 9.17) is 16.4 Å². The van der Waals surface area contributed by atoms with E-state index < -0.39 is 0 Å². The third-order valence-electron chi connectivity index (χ3n) is 4.11. The topological polar surface area (TPSA) is 62.6 Å². The first kappa shape index (κ1) is 17.6. The van der Waals surface area contributed by atoms with Gasteiger partial charge < -0.3 is 5.32 Å². The smallest absolute Gasteiger partial charge is 0.225 e. The minimum absolute atomic E-state index is 0.0726. The number of benzene rings is 1. The van der Waals surface area contributed by atoms with Crippen LogP contribution in [0, 0.1) is 0 Å². The van der Waals surface area contributed by atoms with Gasteiger partial charge in [0.2, 0.25) is 5.95 Å². The number of hydroxylamine groups is 1. The molecular weight excluding hydrogens is 338 g/mol. The summed E-state index contributed by atoms with van der Waals surface area (Å²) in [5.41, 5.74) is 1.17. The molecule has 0 aliphatic carbocycles. The van der Waals surface area contributed by atoms with Crippen LogP contribution in [0.2, 0.25) is 5.02 Å². The molecule has 0 radical (unpaired) electrons. The fraction of sp³-hybridized carbons (Fsp3) is 0.389. The molecule has 1 fully saturated rings. The van der Waals surface area contributed by atoms with Crippen molar-refractivity contribution >= 4 is 29.6 Å². The quantitative estimate of drug-likeness (QED) is 0.792. The molecule has 3 rings (SSSR count). The normalized spacial score (nSPS) is 18.7. The summed E-state index contributed by atoms with van der Waals surface area (Å²) in [6.45, 7) is 2.70. The van der Waals surface area contributed by atoms with E-state index in [1.807, 2.05) is 24.4 Å². The first-order chi connectivity index (χ1) is 12.2. The highest BCUT2D eigenvalue weighted by molar-refractivity contribution is 6.32. The maximum Gasteiger partial charge on any atom is 0.225 e. The second kappa shape index (κ2) is 8.27. The van der Waals surface area contributed by atoms with E-state index in [2.05, 4.69) is 39.3 Å². The lowest BCUT2D eigenvalue weighted by atomic mass is 10.0. The minimum atomic E-state index is 0.0726. The Morgan fingerprint density at radius 3 is 2.96 bits per heavy atom. The van der Waals surface area contributed by atoms with Crippen LogP contribution in [0.1, 0.15) is 31.4 Å². The van der Waals surface area contributed by atoms with E-state index in [1.54, 1.807) is 18.3 Å². The van der Waals surface area contributed by atoms with Crippen LogP contribution in [0.3, 0.4) is 0 Å². The summed E-state index contributed by atoms with van der Waals surface area (Å²) in [6.07, 6.45) is 5.21. The second-order valence-electron chi connectivity index (χ2n) is 5.81. The number of aromatic nitrogens is 2. The Morgan fingerprint density at radius 1 is 1.44 bits per heavy atom. The highest BCUT2D eigenvalue weighted by Crippen LogP contribution is 2.37. The van der Waals surface area contributed by atoms with Gasteiger partial charge in [-0.1, -0.05) is 48.9 Å². The van der Waals surface area contributed by atoms with Gasteiger partial charge in [-0.25, -0.2) is 10.0 Å². The molecular formula is C18H22ClN5O. The lowest BCUT2D eigenvalue weighted by molar-refractivity contribution is 0.157. The number of halogens is 1. The van der Waals surface area contributed by atoms with E-state index in [9.17, 15) is 0 Å². The Hall–Kier alpha value is -2.18. The Balaban J connectivity index is 1.87. The first-order valence-electron chi connectivity index (χ1n) is 8.41. The van der Waals surface area contributed by atoms with Crippen LogP contribution in [-0.4, -0.2) is 35.9 Å². The SMILES string of the molecule is CCC(/C=N\C)Nc1ncc(Cl)c(N2OCC[C@@H]2c2ccccc2)n1. The number of anilines is 2. The summed E-state index contributed by atoms with van der Waals surface area (Å²) in [7, 11) is 1.75. The monoisotopic (exact) mass is 359 g/mol. The molecule has 0 saturated carbocycles. The lowest BCUT2D eigenvalue weighted by Crippen LogP contribution is -2.25. The average Bonchev–Trinajstić information content (AvgIpc) is 3.13. The molecule has 2 heterocycles. The molecule has 1 aliphatic rings. The average molecular weight is 360 g/mol. The zero-order valence-electron chi connectivity index (χ0n) is 14.4. The van der Waals surface area contributed by atoms with Crippen LogP contribution in [0.15, 0.2) is 41.5 Å². The molecule has 0 amide bonds. The van der Waals surface area contributed by atoms with Gasteiger partial charge in [0.15, 0.2) is 5.82 Å². The predicted molar refractivity (Wildman–Crippen MR) is 101 cm³/mol.